The van der Waals surface area contributed by atoms with Crippen LogP contribution in [0.5, 0.6) is 0 Å². The van der Waals surface area contributed by atoms with Crippen molar-refractivity contribution in [2.24, 2.45) is 5.92 Å². The summed E-state index contributed by atoms with van der Waals surface area (Å²) >= 11 is 0. The molecule has 1 aliphatic carbocycles. The highest BCUT2D eigenvalue weighted by Gasteiger charge is 2.29. The molecule has 6 heteroatoms. The minimum atomic E-state index is -0.255. The summed E-state index contributed by atoms with van der Waals surface area (Å²) in [6, 6.07) is 14.7. The molecule has 3 amide bonds. The quantitative estimate of drug-likeness (QED) is 0.738. The Morgan fingerprint density at radius 2 is 1.72 bits per heavy atom. The number of hydrogen-bond acceptors (Lipinski definition) is 3. The minimum absolute atomic E-state index is 0.0347. The maximum atomic E-state index is 12.2. The van der Waals surface area contributed by atoms with Crippen molar-refractivity contribution in [1.29, 1.82) is 0 Å². The van der Waals surface area contributed by atoms with Gasteiger partial charge in [-0.2, -0.15) is 0 Å². The molecule has 29 heavy (non-hydrogen) atoms. The Morgan fingerprint density at radius 3 is 2.38 bits per heavy atom. The van der Waals surface area contributed by atoms with Gasteiger partial charge in [-0.3, -0.25) is 14.4 Å². The molecular weight excluding hydrogens is 366 g/mol. The predicted octanol–water partition coefficient (Wildman–Crippen LogP) is 3.81. The van der Waals surface area contributed by atoms with Crippen molar-refractivity contribution < 1.29 is 14.4 Å². The number of amides is 3. The molecule has 0 unspecified atom stereocenters. The van der Waals surface area contributed by atoms with Gasteiger partial charge in [0.25, 0.3) is 0 Å². The smallest absolute Gasteiger partial charge is 0.248 e. The Morgan fingerprint density at radius 1 is 1.00 bits per heavy atom. The summed E-state index contributed by atoms with van der Waals surface area (Å²) in [6.07, 6.45) is 6.58. The topological polar surface area (TPSA) is 78.5 Å². The van der Waals surface area contributed by atoms with Gasteiger partial charge in [0.15, 0.2) is 0 Å². The molecule has 0 atom stereocenters. The third-order valence-corrected chi connectivity index (χ3v) is 5.05. The first-order chi connectivity index (χ1) is 14.1. The van der Waals surface area contributed by atoms with Gasteiger partial charge in [-0.1, -0.05) is 18.2 Å². The standard InChI is InChI=1S/C23H23N3O3/c27-21(24-18-3-1-4-19(15-18)25-23(29)17-9-10-17)13-8-16-6-11-20(12-7-16)26-14-2-5-22(26)28/h1,3-4,6-8,11-13,15,17H,2,5,9-10,14H2,(H,24,27)(H,25,29)/b13-8+. The second-order valence-electron chi connectivity index (χ2n) is 7.41. The van der Waals surface area contributed by atoms with Crippen molar-refractivity contribution in [1.82, 2.24) is 0 Å². The van der Waals surface area contributed by atoms with Gasteiger partial charge < -0.3 is 15.5 Å². The van der Waals surface area contributed by atoms with Crippen LogP contribution in [0.25, 0.3) is 6.08 Å². The number of benzene rings is 2. The zero-order valence-corrected chi connectivity index (χ0v) is 16.1. The maximum Gasteiger partial charge on any atom is 0.248 e. The molecule has 2 fully saturated rings. The zero-order chi connectivity index (χ0) is 20.2. The van der Waals surface area contributed by atoms with E-state index in [1.807, 2.05) is 24.3 Å². The second-order valence-corrected chi connectivity index (χ2v) is 7.41. The van der Waals surface area contributed by atoms with Gasteiger partial charge in [0, 0.05) is 42.0 Å². The van der Waals surface area contributed by atoms with Crippen LogP contribution in [0.1, 0.15) is 31.2 Å². The Bertz CT molecular complexity index is 962. The number of rotatable bonds is 6. The molecule has 0 spiro atoms. The van der Waals surface area contributed by atoms with Crippen LogP contribution in [0.2, 0.25) is 0 Å². The molecule has 1 saturated heterocycles. The Balaban J connectivity index is 1.33. The lowest BCUT2D eigenvalue weighted by Crippen LogP contribution is -2.23. The molecule has 4 rings (SSSR count). The molecular formula is C23H23N3O3. The highest BCUT2D eigenvalue weighted by atomic mass is 16.2. The molecule has 2 aromatic rings. The first-order valence-corrected chi connectivity index (χ1v) is 9.89. The first-order valence-electron chi connectivity index (χ1n) is 9.89. The lowest BCUT2D eigenvalue weighted by atomic mass is 10.2. The number of hydrogen-bond donors (Lipinski definition) is 2. The van der Waals surface area contributed by atoms with Crippen molar-refractivity contribution in [2.75, 3.05) is 22.1 Å². The summed E-state index contributed by atoms with van der Waals surface area (Å²) in [5.74, 6) is 0.0660. The average Bonchev–Trinajstić information content (AvgIpc) is 3.49. The van der Waals surface area contributed by atoms with E-state index in [1.54, 1.807) is 35.2 Å². The summed E-state index contributed by atoms with van der Waals surface area (Å²) in [6.45, 7) is 0.761. The highest BCUT2D eigenvalue weighted by Crippen LogP contribution is 2.30. The van der Waals surface area contributed by atoms with E-state index in [-0.39, 0.29) is 23.6 Å². The van der Waals surface area contributed by atoms with Crippen molar-refractivity contribution in [2.45, 2.75) is 25.7 Å². The summed E-state index contributed by atoms with van der Waals surface area (Å²) < 4.78 is 0. The van der Waals surface area contributed by atoms with E-state index in [0.717, 1.165) is 37.1 Å². The maximum absolute atomic E-state index is 12.2. The Labute approximate surface area is 169 Å². The fourth-order valence-corrected chi connectivity index (χ4v) is 3.31. The number of nitrogens with zero attached hydrogens (tertiary/aromatic N) is 1. The molecule has 1 saturated carbocycles. The highest BCUT2D eigenvalue weighted by molar-refractivity contribution is 6.02. The van der Waals surface area contributed by atoms with E-state index in [1.165, 1.54) is 6.08 Å². The monoisotopic (exact) mass is 389 g/mol. The molecule has 0 bridgehead atoms. The van der Waals surface area contributed by atoms with E-state index in [0.29, 0.717) is 17.8 Å². The van der Waals surface area contributed by atoms with Crippen molar-refractivity contribution >= 4 is 40.9 Å². The number of nitrogens with one attached hydrogen (secondary N) is 2. The number of carbonyl (C=O) groups excluding carboxylic acids is 3. The van der Waals surface area contributed by atoms with E-state index in [9.17, 15) is 14.4 Å². The lowest BCUT2D eigenvalue weighted by Gasteiger charge is -2.15. The largest absolute Gasteiger partial charge is 0.326 e. The van der Waals surface area contributed by atoms with Gasteiger partial charge in [-0.25, -0.2) is 0 Å². The fourth-order valence-electron chi connectivity index (χ4n) is 3.31. The molecule has 1 heterocycles. The molecule has 2 aliphatic rings. The van der Waals surface area contributed by atoms with Crippen LogP contribution in [0.4, 0.5) is 17.1 Å². The fraction of sp³-hybridized carbons (Fsp3) is 0.261. The minimum Gasteiger partial charge on any atom is -0.326 e. The van der Waals surface area contributed by atoms with Crippen molar-refractivity contribution in [3.8, 4) is 0 Å². The van der Waals surface area contributed by atoms with Gasteiger partial charge in [-0.15, -0.1) is 0 Å². The van der Waals surface area contributed by atoms with Crippen molar-refractivity contribution in [3.63, 3.8) is 0 Å². The molecule has 1 aliphatic heterocycles. The summed E-state index contributed by atoms with van der Waals surface area (Å²) in [5.41, 5.74) is 3.06. The van der Waals surface area contributed by atoms with Crippen LogP contribution in [0, 0.1) is 5.92 Å². The summed E-state index contributed by atoms with van der Waals surface area (Å²) in [5, 5.41) is 5.67. The predicted molar refractivity (Wildman–Crippen MR) is 113 cm³/mol. The normalized spacial score (nSPS) is 16.3. The van der Waals surface area contributed by atoms with Crippen LogP contribution in [-0.2, 0) is 14.4 Å². The van der Waals surface area contributed by atoms with Crippen LogP contribution in [-0.4, -0.2) is 24.3 Å². The van der Waals surface area contributed by atoms with Crippen LogP contribution < -0.4 is 15.5 Å². The Hall–Kier alpha value is -3.41. The van der Waals surface area contributed by atoms with Crippen molar-refractivity contribution in [3.05, 3.63) is 60.2 Å². The molecule has 0 aromatic heterocycles. The molecule has 2 aromatic carbocycles. The SMILES string of the molecule is O=C(/C=C/c1ccc(N2CCCC2=O)cc1)Nc1cccc(NC(=O)C2CC2)c1. The lowest BCUT2D eigenvalue weighted by molar-refractivity contribution is -0.118. The summed E-state index contributed by atoms with van der Waals surface area (Å²) in [7, 11) is 0. The second kappa shape index (κ2) is 8.31. The van der Waals surface area contributed by atoms with E-state index in [4.69, 9.17) is 0 Å². The molecule has 148 valence electrons. The number of anilines is 3. The third-order valence-electron chi connectivity index (χ3n) is 5.05. The van der Waals surface area contributed by atoms with Crippen LogP contribution >= 0.6 is 0 Å². The average molecular weight is 389 g/mol. The van der Waals surface area contributed by atoms with Gasteiger partial charge in [0.05, 0.1) is 0 Å². The molecule has 0 radical (unpaired) electrons. The van der Waals surface area contributed by atoms with Gasteiger partial charge in [0.1, 0.15) is 0 Å². The van der Waals surface area contributed by atoms with E-state index >= 15 is 0 Å². The molecule has 2 N–H and O–H groups in total. The molecule has 6 nitrogen and oxygen atoms in total. The van der Waals surface area contributed by atoms with E-state index < -0.39 is 0 Å². The number of carbonyl (C=O) groups is 3. The van der Waals surface area contributed by atoms with E-state index in [2.05, 4.69) is 10.6 Å². The van der Waals surface area contributed by atoms with Gasteiger partial charge in [0.2, 0.25) is 17.7 Å². The van der Waals surface area contributed by atoms with Gasteiger partial charge in [-0.05, 0) is 61.2 Å². The Kier molecular flexibility index (Phi) is 5.42. The zero-order valence-electron chi connectivity index (χ0n) is 16.1. The van der Waals surface area contributed by atoms with Gasteiger partial charge >= 0.3 is 0 Å². The van der Waals surface area contributed by atoms with Crippen LogP contribution in [0.15, 0.2) is 54.6 Å². The summed E-state index contributed by atoms with van der Waals surface area (Å²) in [4.78, 5) is 37.7. The first kappa shape index (κ1) is 18.9. The third kappa shape index (κ3) is 4.90. The van der Waals surface area contributed by atoms with Crippen LogP contribution in [0.3, 0.4) is 0 Å².